The van der Waals surface area contributed by atoms with Crippen molar-refractivity contribution >= 4 is 17.5 Å². The van der Waals surface area contributed by atoms with E-state index in [1.54, 1.807) is 4.68 Å². The number of nitrogens with zero attached hydrogens (tertiary/aromatic N) is 3. The third kappa shape index (κ3) is 4.09. The molecule has 0 bridgehead atoms. The number of carbonyl (C=O) groups is 1. The van der Waals surface area contributed by atoms with E-state index in [1.807, 2.05) is 69.3 Å². The van der Waals surface area contributed by atoms with E-state index in [1.165, 1.54) is 6.33 Å². The number of allylic oxidation sites excluding steroid dienone is 1. The minimum absolute atomic E-state index is 0.214. The molecule has 0 saturated heterocycles. The second-order valence-corrected chi connectivity index (χ2v) is 6.99. The van der Waals surface area contributed by atoms with E-state index < -0.39 is 6.04 Å². The Morgan fingerprint density at radius 3 is 2.58 bits per heavy atom. The Kier molecular flexibility index (Phi) is 5.88. The topological polar surface area (TPSA) is 90.3 Å². The summed E-state index contributed by atoms with van der Waals surface area (Å²) in [6.45, 7) is 6.74. The SMILES string of the molecule is CCOc1ccc(C2C(C(=O)Nc3ccccc3)=C(C)Nc3ncnn32)cc1OCC. The summed E-state index contributed by atoms with van der Waals surface area (Å²) in [7, 11) is 0. The summed E-state index contributed by atoms with van der Waals surface area (Å²) < 4.78 is 13.2. The first-order valence-corrected chi connectivity index (χ1v) is 10.3. The molecule has 2 N–H and O–H groups in total. The largest absolute Gasteiger partial charge is 0.490 e. The third-order valence-corrected chi connectivity index (χ3v) is 4.95. The molecule has 3 aromatic rings. The summed E-state index contributed by atoms with van der Waals surface area (Å²) in [5.41, 5.74) is 2.83. The molecule has 1 aliphatic heterocycles. The fourth-order valence-electron chi connectivity index (χ4n) is 3.65. The van der Waals surface area contributed by atoms with Crippen LogP contribution in [-0.2, 0) is 4.79 Å². The van der Waals surface area contributed by atoms with Crippen molar-refractivity contribution in [3.05, 3.63) is 71.7 Å². The molecule has 8 nitrogen and oxygen atoms in total. The van der Waals surface area contributed by atoms with Gasteiger partial charge in [0.2, 0.25) is 5.95 Å². The van der Waals surface area contributed by atoms with Crippen LogP contribution in [0.3, 0.4) is 0 Å². The van der Waals surface area contributed by atoms with Crippen molar-refractivity contribution < 1.29 is 14.3 Å². The van der Waals surface area contributed by atoms with Gasteiger partial charge >= 0.3 is 0 Å². The quantitative estimate of drug-likeness (QED) is 0.602. The summed E-state index contributed by atoms with van der Waals surface area (Å²) in [5.74, 6) is 1.65. The van der Waals surface area contributed by atoms with E-state index >= 15 is 0 Å². The first-order chi connectivity index (χ1) is 15.1. The van der Waals surface area contributed by atoms with Crippen LogP contribution in [0.5, 0.6) is 11.5 Å². The van der Waals surface area contributed by atoms with E-state index in [2.05, 4.69) is 20.7 Å². The van der Waals surface area contributed by atoms with E-state index in [0.717, 1.165) is 11.3 Å². The van der Waals surface area contributed by atoms with Crippen molar-refractivity contribution in [3.63, 3.8) is 0 Å². The van der Waals surface area contributed by atoms with Gasteiger partial charge in [-0.25, -0.2) is 4.68 Å². The highest BCUT2D eigenvalue weighted by atomic mass is 16.5. The van der Waals surface area contributed by atoms with Crippen LogP contribution in [0.4, 0.5) is 11.6 Å². The van der Waals surface area contributed by atoms with E-state index in [4.69, 9.17) is 9.47 Å². The third-order valence-electron chi connectivity index (χ3n) is 4.95. The molecule has 0 fully saturated rings. The van der Waals surface area contributed by atoms with Crippen LogP contribution in [0.1, 0.15) is 32.4 Å². The zero-order valence-electron chi connectivity index (χ0n) is 17.8. The fraction of sp³-hybridized carbons (Fsp3) is 0.261. The number of carbonyl (C=O) groups excluding carboxylic acids is 1. The van der Waals surface area contributed by atoms with Crippen molar-refractivity contribution in [2.75, 3.05) is 23.8 Å². The molecule has 8 heteroatoms. The van der Waals surface area contributed by atoms with Crippen molar-refractivity contribution in [3.8, 4) is 11.5 Å². The molecule has 2 heterocycles. The Morgan fingerprint density at radius 2 is 1.84 bits per heavy atom. The average molecular weight is 419 g/mol. The number of para-hydroxylation sites is 1. The molecule has 1 unspecified atom stereocenters. The predicted octanol–water partition coefficient (Wildman–Crippen LogP) is 4.00. The number of benzene rings is 2. The van der Waals surface area contributed by atoms with Crippen LogP contribution in [0.25, 0.3) is 0 Å². The highest BCUT2D eigenvalue weighted by Crippen LogP contribution is 2.39. The van der Waals surface area contributed by atoms with Crippen molar-refractivity contribution in [2.45, 2.75) is 26.8 Å². The zero-order chi connectivity index (χ0) is 21.8. The second kappa shape index (κ2) is 8.91. The first-order valence-electron chi connectivity index (χ1n) is 10.3. The van der Waals surface area contributed by atoms with Gasteiger partial charge in [0.25, 0.3) is 5.91 Å². The van der Waals surface area contributed by atoms with Crippen LogP contribution in [0.2, 0.25) is 0 Å². The van der Waals surface area contributed by atoms with Gasteiger partial charge in [-0.3, -0.25) is 4.79 Å². The number of fused-ring (bicyclic) bond motifs is 1. The summed E-state index contributed by atoms with van der Waals surface area (Å²) in [6, 6.07) is 14.6. The van der Waals surface area contributed by atoms with Gasteiger partial charge in [0.1, 0.15) is 12.4 Å². The molecule has 1 aliphatic rings. The lowest BCUT2D eigenvalue weighted by atomic mass is 9.94. The second-order valence-electron chi connectivity index (χ2n) is 6.99. The van der Waals surface area contributed by atoms with Gasteiger partial charge in [-0.05, 0) is 50.6 Å². The molecule has 0 aliphatic carbocycles. The number of nitrogens with one attached hydrogen (secondary N) is 2. The Bertz CT molecular complexity index is 1110. The number of aromatic nitrogens is 3. The molecule has 160 valence electrons. The van der Waals surface area contributed by atoms with Crippen LogP contribution >= 0.6 is 0 Å². The highest BCUT2D eigenvalue weighted by Gasteiger charge is 2.34. The lowest BCUT2D eigenvalue weighted by Crippen LogP contribution is -2.31. The maximum Gasteiger partial charge on any atom is 0.255 e. The van der Waals surface area contributed by atoms with Gasteiger partial charge in [-0.15, -0.1) is 0 Å². The first kappa shape index (κ1) is 20.5. The monoisotopic (exact) mass is 419 g/mol. The maximum absolute atomic E-state index is 13.3. The van der Waals surface area contributed by atoms with Gasteiger partial charge in [-0.1, -0.05) is 24.3 Å². The molecule has 31 heavy (non-hydrogen) atoms. The number of amides is 1. The Labute approximate surface area is 180 Å². The molecule has 1 amide bonds. The smallest absolute Gasteiger partial charge is 0.255 e. The van der Waals surface area contributed by atoms with Gasteiger partial charge in [0.05, 0.1) is 18.8 Å². The lowest BCUT2D eigenvalue weighted by Gasteiger charge is -2.29. The zero-order valence-corrected chi connectivity index (χ0v) is 17.8. The van der Waals surface area contributed by atoms with Crippen LogP contribution in [0, 0.1) is 0 Å². The molecular weight excluding hydrogens is 394 g/mol. The van der Waals surface area contributed by atoms with E-state index in [9.17, 15) is 4.79 Å². The number of hydrogen-bond acceptors (Lipinski definition) is 6. The molecule has 1 atom stereocenters. The average Bonchev–Trinajstić information content (AvgIpc) is 3.23. The molecule has 0 radical (unpaired) electrons. The minimum Gasteiger partial charge on any atom is -0.490 e. The summed E-state index contributed by atoms with van der Waals surface area (Å²) in [4.78, 5) is 17.6. The summed E-state index contributed by atoms with van der Waals surface area (Å²) >= 11 is 0. The highest BCUT2D eigenvalue weighted by molar-refractivity contribution is 6.06. The van der Waals surface area contributed by atoms with Crippen molar-refractivity contribution in [1.29, 1.82) is 0 Å². The van der Waals surface area contributed by atoms with Crippen LogP contribution in [0.15, 0.2) is 66.1 Å². The molecule has 4 rings (SSSR count). The summed E-state index contributed by atoms with van der Waals surface area (Å²) in [5, 5.41) is 10.5. The number of anilines is 2. The van der Waals surface area contributed by atoms with Crippen LogP contribution in [-0.4, -0.2) is 33.9 Å². The lowest BCUT2D eigenvalue weighted by molar-refractivity contribution is -0.113. The Balaban J connectivity index is 1.77. The molecular formula is C23H25N5O3. The van der Waals surface area contributed by atoms with E-state index in [-0.39, 0.29) is 5.91 Å². The number of ether oxygens (including phenoxy) is 2. The van der Waals surface area contributed by atoms with Gasteiger partial charge in [-0.2, -0.15) is 10.1 Å². The van der Waals surface area contributed by atoms with Crippen LogP contribution < -0.4 is 20.1 Å². The van der Waals surface area contributed by atoms with E-state index in [0.29, 0.717) is 41.9 Å². The molecule has 0 saturated carbocycles. The van der Waals surface area contributed by atoms with Gasteiger partial charge < -0.3 is 20.1 Å². The maximum atomic E-state index is 13.3. The van der Waals surface area contributed by atoms with Crippen molar-refractivity contribution in [2.24, 2.45) is 0 Å². The number of hydrogen-bond donors (Lipinski definition) is 2. The molecule has 0 spiro atoms. The fourth-order valence-corrected chi connectivity index (χ4v) is 3.65. The van der Waals surface area contributed by atoms with Crippen molar-refractivity contribution in [1.82, 2.24) is 14.8 Å². The summed E-state index contributed by atoms with van der Waals surface area (Å²) in [6.07, 6.45) is 1.47. The van der Waals surface area contributed by atoms with Gasteiger partial charge in [0, 0.05) is 11.4 Å². The number of rotatable bonds is 7. The normalized spacial score (nSPS) is 15.1. The molecule has 1 aromatic heterocycles. The van der Waals surface area contributed by atoms with Gasteiger partial charge in [0.15, 0.2) is 11.5 Å². The Morgan fingerprint density at radius 1 is 1.10 bits per heavy atom. The Hall–Kier alpha value is -3.81. The molecule has 2 aromatic carbocycles. The standard InChI is InChI=1S/C23H25N5O3/c1-4-30-18-12-11-16(13-19(18)31-5-2)21-20(15(3)26-23-24-14-25-28(21)23)22(29)27-17-9-7-6-8-10-17/h6-14,21H,4-5H2,1-3H3,(H,27,29)(H,24,25,26). The minimum atomic E-state index is -0.475. The predicted molar refractivity (Wildman–Crippen MR) is 118 cm³/mol.